The van der Waals surface area contributed by atoms with Gasteiger partial charge in [0, 0.05) is 54.1 Å². The fourth-order valence-electron chi connectivity index (χ4n) is 5.54. The normalized spacial score (nSPS) is 22.2. The minimum absolute atomic E-state index is 0.0370. The van der Waals surface area contributed by atoms with Gasteiger partial charge in [-0.1, -0.05) is 19.9 Å². The smallest absolute Gasteiger partial charge is 0.377 e. The third-order valence-electron chi connectivity index (χ3n) is 7.68. The molecule has 0 bridgehead atoms. The molecule has 2 aliphatic heterocycles. The molecule has 2 aliphatic rings. The number of allylic oxidation sites excluding steroid dienone is 2. The molecule has 2 fully saturated rings. The Labute approximate surface area is 242 Å². The van der Waals surface area contributed by atoms with E-state index in [0.29, 0.717) is 18.2 Å². The predicted molar refractivity (Wildman–Crippen MR) is 158 cm³/mol. The Morgan fingerprint density at radius 3 is 2.62 bits per heavy atom. The molecule has 42 heavy (non-hydrogen) atoms. The number of anilines is 3. The minimum Gasteiger partial charge on any atom is -0.377 e. The van der Waals surface area contributed by atoms with Gasteiger partial charge >= 0.3 is 6.18 Å². The molecule has 5 rings (SSSR count). The van der Waals surface area contributed by atoms with Gasteiger partial charge in [0.05, 0.1) is 17.5 Å². The zero-order chi connectivity index (χ0) is 30.4. The zero-order valence-corrected chi connectivity index (χ0v) is 24.2. The molecule has 5 N–H and O–H groups in total. The minimum atomic E-state index is -4.38. The van der Waals surface area contributed by atoms with Crippen molar-refractivity contribution in [2.75, 3.05) is 28.8 Å². The highest BCUT2D eigenvalue weighted by molar-refractivity contribution is 7.90. The predicted octanol–water partition coefficient (Wildman–Crippen LogP) is 4.33. The topological polar surface area (TPSA) is 150 Å². The Morgan fingerprint density at radius 1 is 1.24 bits per heavy atom. The average molecular weight is 603 g/mol. The van der Waals surface area contributed by atoms with E-state index in [0.717, 1.165) is 28.2 Å². The number of alkyl halides is 3. The standard InChI is InChI=1S/C28H33F3N8O2S/c1-15(2)17-4-6-22(39-13-16(26(39)33)14-42(3,40)41)20-12-35-25(10-18(17)20)37-24-8-9-34-27(38-24)19(11-32)21-5-7-23(36-21)28(29,30)31/h4,6,8-12,15-16,23,26,32,36H,5,7,13-14,33H2,1-3H3,(H,34,35,37,38)/b21-19+,32-11?/t16-,23-,26+/m1/s1. The first-order valence-corrected chi connectivity index (χ1v) is 15.6. The van der Waals surface area contributed by atoms with Gasteiger partial charge in [0.1, 0.15) is 27.5 Å². The van der Waals surface area contributed by atoms with Crippen LogP contribution in [0.4, 0.5) is 30.5 Å². The average Bonchev–Trinajstić information content (AvgIpc) is 3.41. The van der Waals surface area contributed by atoms with Crippen LogP contribution in [0.25, 0.3) is 16.3 Å². The lowest BCUT2D eigenvalue weighted by atomic mass is 9.92. The zero-order valence-electron chi connectivity index (χ0n) is 23.4. The molecule has 0 radical (unpaired) electrons. The Bertz CT molecular complexity index is 1660. The van der Waals surface area contributed by atoms with Crippen molar-refractivity contribution >= 4 is 49.7 Å². The van der Waals surface area contributed by atoms with Crippen molar-refractivity contribution in [1.29, 1.82) is 5.41 Å². The largest absolute Gasteiger partial charge is 0.408 e. The quantitative estimate of drug-likeness (QED) is 0.276. The van der Waals surface area contributed by atoms with E-state index in [-0.39, 0.29) is 47.5 Å². The lowest BCUT2D eigenvalue weighted by Gasteiger charge is -2.47. The molecule has 4 heterocycles. The summed E-state index contributed by atoms with van der Waals surface area (Å²) in [5, 5.41) is 15.3. The summed E-state index contributed by atoms with van der Waals surface area (Å²) >= 11 is 0. The van der Waals surface area contributed by atoms with Crippen molar-refractivity contribution < 1.29 is 21.6 Å². The SMILES string of the molecule is CC(C)c1ccc(N2C[C@H](CS(C)(=O)=O)[C@H]2N)c2cnc(Nc3ccnc(/C(C=N)=C4\CC[C@H](C(F)(F)F)N4)n3)cc12. The number of hydrogen-bond acceptors (Lipinski definition) is 10. The van der Waals surface area contributed by atoms with Crippen LogP contribution in [0.2, 0.25) is 0 Å². The van der Waals surface area contributed by atoms with Gasteiger partial charge in [-0.2, -0.15) is 13.2 Å². The number of hydrogen-bond donors (Lipinski definition) is 4. The number of pyridine rings is 1. The van der Waals surface area contributed by atoms with Crippen LogP contribution in [0, 0.1) is 11.3 Å². The fraction of sp³-hybridized carbons (Fsp3) is 0.429. The van der Waals surface area contributed by atoms with Gasteiger partial charge in [-0.25, -0.2) is 23.4 Å². The van der Waals surface area contributed by atoms with Crippen LogP contribution in [0.15, 0.2) is 42.4 Å². The molecule has 3 atom stereocenters. The Kier molecular flexibility index (Phi) is 7.88. The highest BCUT2D eigenvalue weighted by Crippen LogP contribution is 2.39. The molecular formula is C28H33F3N8O2S. The summed E-state index contributed by atoms with van der Waals surface area (Å²) in [6.45, 7) is 4.70. The van der Waals surface area contributed by atoms with Crippen LogP contribution in [-0.4, -0.2) is 66.5 Å². The molecule has 0 unspecified atom stereocenters. The second-order valence-electron chi connectivity index (χ2n) is 11.1. The molecule has 1 aromatic carbocycles. The highest BCUT2D eigenvalue weighted by Gasteiger charge is 2.43. The number of sulfone groups is 1. The van der Waals surface area contributed by atoms with Crippen LogP contribution in [0.5, 0.6) is 0 Å². The van der Waals surface area contributed by atoms with Crippen LogP contribution >= 0.6 is 0 Å². The molecule has 3 aromatic rings. The van der Waals surface area contributed by atoms with Crippen LogP contribution in [0.1, 0.15) is 44.0 Å². The van der Waals surface area contributed by atoms with E-state index < -0.39 is 28.2 Å². The molecule has 0 aliphatic carbocycles. The van der Waals surface area contributed by atoms with Gasteiger partial charge in [-0.15, -0.1) is 0 Å². The first-order chi connectivity index (χ1) is 19.7. The van der Waals surface area contributed by atoms with Crippen molar-refractivity contribution in [3.8, 4) is 0 Å². The number of halogens is 3. The van der Waals surface area contributed by atoms with Crippen molar-refractivity contribution in [3.63, 3.8) is 0 Å². The van der Waals surface area contributed by atoms with E-state index in [1.807, 2.05) is 23.1 Å². The van der Waals surface area contributed by atoms with Crippen molar-refractivity contribution in [3.05, 3.63) is 53.7 Å². The molecule has 0 spiro atoms. The van der Waals surface area contributed by atoms with E-state index in [9.17, 15) is 21.6 Å². The second kappa shape index (κ2) is 11.1. The highest BCUT2D eigenvalue weighted by atomic mass is 32.2. The molecule has 224 valence electrons. The maximum absolute atomic E-state index is 13.2. The number of fused-ring (bicyclic) bond motifs is 1. The first-order valence-electron chi connectivity index (χ1n) is 13.5. The van der Waals surface area contributed by atoms with E-state index in [1.54, 1.807) is 12.3 Å². The molecule has 2 aromatic heterocycles. The van der Waals surface area contributed by atoms with Gasteiger partial charge in [-0.3, -0.25) is 0 Å². The molecule has 0 saturated carbocycles. The Hall–Kier alpha value is -3.78. The number of rotatable bonds is 8. The summed E-state index contributed by atoms with van der Waals surface area (Å²) in [5.41, 5.74) is 8.83. The number of nitrogens with one attached hydrogen (secondary N) is 3. The summed E-state index contributed by atoms with van der Waals surface area (Å²) in [7, 11) is -3.14. The first kappa shape index (κ1) is 29.7. The second-order valence-corrected chi connectivity index (χ2v) is 13.3. The maximum Gasteiger partial charge on any atom is 0.408 e. The van der Waals surface area contributed by atoms with Gasteiger partial charge in [0.2, 0.25) is 0 Å². The van der Waals surface area contributed by atoms with E-state index in [1.165, 1.54) is 12.5 Å². The molecule has 0 amide bonds. The lowest BCUT2D eigenvalue weighted by Crippen LogP contribution is -2.63. The van der Waals surface area contributed by atoms with Crippen molar-refractivity contribution in [1.82, 2.24) is 20.3 Å². The van der Waals surface area contributed by atoms with E-state index in [4.69, 9.17) is 11.1 Å². The van der Waals surface area contributed by atoms with Gasteiger partial charge in [-0.05, 0) is 47.9 Å². The van der Waals surface area contributed by atoms with E-state index in [2.05, 4.69) is 39.4 Å². The van der Waals surface area contributed by atoms with Gasteiger partial charge in [0.15, 0.2) is 5.82 Å². The molecule has 14 heteroatoms. The van der Waals surface area contributed by atoms with E-state index >= 15 is 0 Å². The third kappa shape index (κ3) is 6.04. The molecule has 2 saturated heterocycles. The third-order valence-corrected chi connectivity index (χ3v) is 8.72. The monoisotopic (exact) mass is 602 g/mol. The summed E-state index contributed by atoms with van der Waals surface area (Å²) in [6, 6.07) is 5.88. The number of aromatic nitrogens is 3. The van der Waals surface area contributed by atoms with Crippen LogP contribution in [-0.2, 0) is 9.84 Å². The number of nitrogens with zero attached hydrogens (tertiary/aromatic N) is 4. The van der Waals surface area contributed by atoms with Crippen molar-refractivity contribution in [2.24, 2.45) is 11.7 Å². The van der Waals surface area contributed by atoms with Crippen LogP contribution in [0.3, 0.4) is 0 Å². The molecular weight excluding hydrogens is 569 g/mol. The summed E-state index contributed by atoms with van der Waals surface area (Å²) in [4.78, 5) is 15.2. The fourth-order valence-corrected chi connectivity index (χ4v) is 6.62. The van der Waals surface area contributed by atoms with Gasteiger partial charge < -0.3 is 26.7 Å². The molecule has 10 nitrogen and oxygen atoms in total. The number of nitrogens with two attached hydrogens (primary N) is 1. The summed E-state index contributed by atoms with van der Waals surface area (Å²) < 4.78 is 63.1. The lowest BCUT2D eigenvalue weighted by molar-refractivity contribution is -0.151. The Morgan fingerprint density at radius 2 is 2.00 bits per heavy atom. The van der Waals surface area contributed by atoms with Gasteiger partial charge in [0.25, 0.3) is 0 Å². The summed E-state index contributed by atoms with van der Waals surface area (Å²) in [5.74, 6) is 1.07. The van der Waals surface area contributed by atoms with Crippen LogP contribution < -0.4 is 21.3 Å². The summed E-state index contributed by atoms with van der Waals surface area (Å²) in [6.07, 6.45) is 0.604. The maximum atomic E-state index is 13.2. The van der Waals surface area contributed by atoms with Crippen molar-refractivity contribution in [2.45, 2.75) is 51.0 Å². The number of benzene rings is 1. The Balaban J connectivity index is 1.43.